The van der Waals surface area contributed by atoms with E-state index in [1.807, 2.05) is 0 Å². The van der Waals surface area contributed by atoms with Gasteiger partial charge in [-0.05, 0) is 109 Å². The molecule has 0 saturated heterocycles. The third-order valence-electron chi connectivity index (χ3n) is 13.7. The Balaban J connectivity index is 4.42. The highest BCUT2D eigenvalue weighted by Gasteiger charge is 2.19. The molecular weight excluding hydrogens is 901 g/mol. The normalized spacial score (nSPS) is 12.5. The van der Waals surface area contributed by atoms with Crippen molar-refractivity contribution < 1.29 is 28.6 Å². The van der Waals surface area contributed by atoms with E-state index < -0.39 is 6.10 Å². The molecule has 0 saturated carbocycles. The van der Waals surface area contributed by atoms with Gasteiger partial charge >= 0.3 is 17.9 Å². The zero-order chi connectivity index (χ0) is 52.9. The Bertz CT molecular complexity index is 1360. The van der Waals surface area contributed by atoms with Gasteiger partial charge in [0.2, 0.25) is 0 Å². The van der Waals surface area contributed by atoms with Crippen molar-refractivity contribution in [1.82, 2.24) is 0 Å². The van der Waals surface area contributed by atoms with Gasteiger partial charge in [0.1, 0.15) is 13.2 Å². The molecule has 0 rings (SSSR count). The highest BCUT2D eigenvalue weighted by molar-refractivity contribution is 5.71. The summed E-state index contributed by atoms with van der Waals surface area (Å²) in [5, 5.41) is 0. The minimum Gasteiger partial charge on any atom is -0.462 e. The first-order chi connectivity index (χ1) is 36.0. The van der Waals surface area contributed by atoms with Gasteiger partial charge in [-0.3, -0.25) is 14.4 Å². The Labute approximate surface area is 453 Å². The molecule has 0 aliphatic heterocycles. The maximum absolute atomic E-state index is 12.9. The first-order valence-corrected chi connectivity index (χ1v) is 31.4. The van der Waals surface area contributed by atoms with Gasteiger partial charge in [0.05, 0.1) is 0 Å². The van der Waals surface area contributed by atoms with Crippen LogP contribution in [0, 0.1) is 0 Å². The Morgan fingerprint density at radius 2 is 0.507 bits per heavy atom. The Morgan fingerprint density at radius 3 is 0.849 bits per heavy atom. The zero-order valence-electron chi connectivity index (χ0n) is 48.4. The highest BCUT2D eigenvalue weighted by atomic mass is 16.6. The summed E-state index contributed by atoms with van der Waals surface area (Å²) < 4.78 is 16.9. The van der Waals surface area contributed by atoms with Crippen LogP contribution in [0.2, 0.25) is 0 Å². The van der Waals surface area contributed by atoms with Gasteiger partial charge < -0.3 is 14.2 Å². The zero-order valence-corrected chi connectivity index (χ0v) is 48.4. The molecule has 0 heterocycles. The number of carbonyl (C=O) groups is 3. The second-order valence-corrected chi connectivity index (χ2v) is 21.0. The average molecular weight is 1020 g/mol. The molecule has 422 valence electrons. The van der Waals surface area contributed by atoms with Crippen molar-refractivity contribution in [3.63, 3.8) is 0 Å². The lowest BCUT2D eigenvalue weighted by atomic mass is 10.0. The van der Waals surface area contributed by atoms with Crippen LogP contribution in [-0.2, 0) is 28.6 Å². The van der Waals surface area contributed by atoms with E-state index in [0.29, 0.717) is 19.3 Å². The molecule has 0 bridgehead atoms. The lowest BCUT2D eigenvalue weighted by Crippen LogP contribution is -2.30. The molecule has 0 radical (unpaired) electrons. The second kappa shape index (κ2) is 61.4. The van der Waals surface area contributed by atoms with E-state index in [2.05, 4.69) is 93.7 Å². The second-order valence-electron chi connectivity index (χ2n) is 21.0. The maximum atomic E-state index is 12.9. The summed E-state index contributed by atoms with van der Waals surface area (Å²) in [6, 6.07) is 0. The van der Waals surface area contributed by atoms with E-state index in [1.54, 1.807) is 0 Å². The average Bonchev–Trinajstić information content (AvgIpc) is 3.39. The fraction of sp³-hybridized carbons (Fsp3) is 0.776. The van der Waals surface area contributed by atoms with Crippen LogP contribution in [0.4, 0.5) is 0 Å². The van der Waals surface area contributed by atoms with Crippen molar-refractivity contribution in [2.45, 2.75) is 322 Å². The lowest BCUT2D eigenvalue weighted by molar-refractivity contribution is -0.167. The predicted octanol–water partition coefficient (Wildman–Crippen LogP) is 21.3. The van der Waals surface area contributed by atoms with E-state index in [4.69, 9.17) is 14.2 Å². The number of carbonyl (C=O) groups excluding carboxylic acids is 3. The molecule has 0 spiro atoms. The number of esters is 3. The van der Waals surface area contributed by atoms with Gasteiger partial charge in [-0.1, -0.05) is 261 Å². The van der Waals surface area contributed by atoms with E-state index in [-0.39, 0.29) is 37.5 Å². The number of rotatable bonds is 57. The van der Waals surface area contributed by atoms with Crippen LogP contribution in [-0.4, -0.2) is 37.2 Å². The van der Waals surface area contributed by atoms with Crippen LogP contribution in [0.15, 0.2) is 72.9 Å². The summed E-state index contributed by atoms with van der Waals surface area (Å²) in [5.41, 5.74) is 0. The first-order valence-electron chi connectivity index (χ1n) is 31.4. The van der Waals surface area contributed by atoms with E-state index >= 15 is 0 Å². The van der Waals surface area contributed by atoms with Crippen molar-refractivity contribution in [3.05, 3.63) is 72.9 Å². The minimum absolute atomic E-state index is 0.0973. The summed E-state index contributed by atoms with van der Waals surface area (Å²) >= 11 is 0. The predicted molar refractivity (Wildman–Crippen MR) is 316 cm³/mol. The Hall–Kier alpha value is -3.15. The SMILES string of the molecule is CCCCC/C=C\C/C=C\C/C=C\C/C=C\CCCC(=O)O[C@@H](COC(=O)CCCCCCCCC/C=C\CCCCCCCC)COC(=O)CCCCCCCCCCCCC/C=C\CCCCCCCC. The molecule has 0 fully saturated rings. The molecule has 0 aliphatic rings. The molecule has 0 amide bonds. The fourth-order valence-corrected chi connectivity index (χ4v) is 8.90. The smallest absolute Gasteiger partial charge is 0.306 e. The van der Waals surface area contributed by atoms with Gasteiger partial charge in [0, 0.05) is 19.3 Å². The standard InChI is InChI=1S/C67H118O6/c1-4-7-10-13-16-19-22-25-28-31-32-33-34-37-39-42-45-48-51-54-57-60-66(69)72-63-64(73-67(70)61-58-55-52-49-46-43-40-36-30-27-24-21-18-15-12-9-6-3)62-71-65(68)59-56-53-50-47-44-41-38-35-29-26-23-20-17-14-11-8-5-2/h18,21,25-30,40,43,49,52,64H,4-17,19-20,22-24,31-39,41-42,44-48,50-51,53-63H2,1-3H3/b21-18-,28-25-,29-26-,30-27-,43-40-,52-49-/t64-/m0/s1. The Morgan fingerprint density at radius 1 is 0.274 bits per heavy atom. The van der Waals surface area contributed by atoms with Crippen LogP contribution in [0.1, 0.15) is 316 Å². The van der Waals surface area contributed by atoms with Gasteiger partial charge in [-0.2, -0.15) is 0 Å². The number of unbranched alkanes of at least 4 members (excludes halogenated alkanes) is 34. The molecule has 6 nitrogen and oxygen atoms in total. The summed E-state index contributed by atoms with van der Waals surface area (Å²) in [6.45, 7) is 6.59. The van der Waals surface area contributed by atoms with Gasteiger partial charge in [0.25, 0.3) is 0 Å². The maximum Gasteiger partial charge on any atom is 0.306 e. The molecule has 0 N–H and O–H groups in total. The van der Waals surface area contributed by atoms with Crippen LogP contribution in [0.25, 0.3) is 0 Å². The summed E-state index contributed by atoms with van der Waals surface area (Å²) in [4.78, 5) is 38.3. The fourth-order valence-electron chi connectivity index (χ4n) is 8.90. The topological polar surface area (TPSA) is 78.9 Å². The van der Waals surface area contributed by atoms with Crippen LogP contribution in [0.3, 0.4) is 0 Å². The quantitative estimate of drug-likeness (QED) is 0.0261. The first kappa shape index (κ1) is 69.8. The summed E-state index contributed by atoms with van der Waals surface area (Å²) in [6.07, 6.45) is 79.1. The lowest BCUT2D eigenvalue weighted by Gasteiger charge is -2.18. The largest absolute Gasteiger partial charge is 0.462 e. The third kappa shape index (κ3) is 59.6. The van der Waals surface area contributed by atoms with E-state index in [9.17, 15) is 14.4 Å². The molecule has 0 aromatic heterocycles. The van der Waals surface area contributed by atoms with Crippen molar-refractivity contribution in [1.29, 1.82) is 0 Å². The van der Waals surface area contributed by atoms with Crippen LogP contribution < -0.4 is 0 Å². The summed E-state index contributed by atoms with van der Waals surface area (Å²) in [5.74, 6) is -0.946. The molecule has 73 heavy (non-hydrogen) atoms. The van der Waals surface area contributed by atoms with E-state index in [1.165, 1.54) is 205 Å². The van der Waals surface area contributed by atoms with E-state index in [0.717, 1.165) is 64.2 Å². The van der Waals surface area contributed by atoms with Crippen molar-refractivity contribution in [2.24, 2.45) is 0 Å². The van der Waals surface area contributed by atoms with Gasteiger partial charge in [-0.15, -0.1) is 0 Å². The molecule has 0 aromatic carbocycles. The molecule has 0 unspecified atom stereocenters. The molecule has 1 atom stereocenters. The van der Waals surface area contributed by atoms with Crippen LogP contribution >= 0.6 is 0 Å². The Kier molecular flexibility index (Phi) is 58.7. The highest BCUT2D eigenvalue weighted by Crippen LogP contribution is 2.16. The van der Waals surface area contributed by atoms with Crippen LogP contribution in [0.5, 0.6) is 0 Å². The number of hydrogen-bond donors (Lipinski definition) is 0. The molecule has 6 heteroatoms. The van der Waals surface area contributed by atoms with Crippen molar-refractivity contribution >= 4 is 17.9 Å². The van der Waals surface area contributed by atoms with Crippen molar-refractivity contribution in [3.8, 4) is 0 Å². The van der Waals surface area contributed by atoms with Crippen molar-refractivity contribution in [2.75, 3.05) is 13.2 Å². The van der Waals surface area contributed by atoms with Gasteiger partial charge in [-0.25, -0.2) is 0 Å². The third-order valence-corrected chi connectivity index (χ3v) is 13.7. The molecule has 0 aliphatic carbocycles. The minimum atomic E-state index is -0.807. The number of ether oxygens (including phenoxy) is 3. The summed E-state index contributed by atoms with van der Waals surface area (Å²) in [7, 11) is 0. The number of allylic oxidation sites excluding steroid dienone is 12. The van der Waals surface area contributed by atoms with Gasteiger partial charge in [0.15, 0.2) is 6.10 Å². The number of hydrogen-bond acceptors (Lipinski definition) is 6. The monoisotopic (exact) mass is 1020 g/mol. The molecule has 0 aromatic rings. The molecular formula is C67H118O6.